The number of fused-ring (bicyclic) bond motifs is 2. The predicted molar refractivity (Wildman–Crippen MR) is 99.0 cm³/mol. The van der Waals surface area contributed by atoms with Gasteiger partial charge >= 0.3 is 5.97 Å². The number of nitrogens with one attached hydrogen (secondary N) is 1. The highest BCUT2D eigenvalue weighted by Gasteiger charge is 2.25. The summed E-state index contributed by atoms with van der Waals surface area (Å²) in [4.78, 5) is 29.4. The van der Waals surface area contributed by atoms with Gasteiger partial charge in [0.2, 0.25) is 0 Å². The van der Waals surface area contributed by atoms with Gasteiger partial charge in [0.1, 0.15) is 11.6 Å². The van der Waals surface area contributed by atoms with Gasteiger partial charge in [-0.1, -0.05) is 18.2 Å². The molecule has 4 rings (SSSR count). The minimum absolute atomic E-state index is 0.183. The number of ether oxygens (including phenoxy) is 1. The first-order valence-corrected chi connectivity index (χ1v) is 8.85. The largest absolute Gasteiger partial charge is 0.452 e. The van der Waals surface area contributed by atoms with E-state index in [-0.39, 0.29) is 5.69 Å². The number of benzene rings is 2. The molecule has 1 aromatic heterocycles. The van der Waals surface area contributed by atoms with Crippen LogP contribution in [0.1, 0.15) is 28.0 Å². The van der Waals surface area contributed by atoms with Gasteiger partial charge in [-0.3, -0.25) is 9.78 Å². The standard InChI is InChI=1S/C21H16F2N2O3/c22-12-8-9-18(15(23)10-12)25-19(26)11-28-21(27)20-13-4-1-2-6-16(13)24-17-7-3-5-14(17)20/h1-2,4,6,8-10H,3,5,7,11H2,(H,25,26). The zero-order valence-electron chi connectivity index (χ0n) is 14.8. The first-order valence-electron chi connectivity index (χ1n) is 8.85. The number of nitrogens with zero attached hydrogens (tertiary/aromatic N) is 1. The lowest BCUT2D eigenvalue weighted by molar-refractivity contribution is -0.119. The quantitative estimate of drug-likeness (QED) is 0.697. The molecule has 1 aliphatic rings. The monoisotopic (exact) mass is 382 g/mol. The lowest BCUT2D eigenvalue weighted by Gasteiger charge is -2.12. The Morgan fingerprint density at radius 2 is 1.93 bits per heavy atom. The Labute approximate surface area is 159 Å². The summed E-state index contributed by atoms with van der Waals surface area (Å²) in [5.41, 5.74) is 2.68. The van der Waals surface area contributed by atoms with Crippen LogP contribution in [0, 0.1) is 11.6 Å². The summed E-state index contributed by atoms with van der Waals surface area (Å²) < 4.78 is 31.7. The number of hydrogen-bond acceptors (Lipinski definition) is 4. The van der Waals surface area contributed by atoms with Crippen LogP contribution in [0.2, 0.25) is 0 Å². The van der Waals surface area contributed by atoms with Gasteiger partial charge in [-0.15, -0.1) is 0 Å². The maximum atomic E-state index is 13.6. The molecule has 0 radical (unpaired) electrons. The molecule has 7 heteroatoms. The number of aromatic nitrogens is 1. The minimum atomic E-state index is -0.905. The lowest BCUT2D eigenvalue weighted by Crippen LogP contribution is -2.22. The zero-order valence-corrected chi connectivity index (χ0v) is 14.8. The summed E-state index contributed by atoms with van der Waals surface area (Å²) in [6.07, 6.45) is 2.43. The second kappa shape index (κ2) is 7.34. The third-order valence-electron chi connectivity index (χ3n) is 4.66. The van der Waals surface area contributed by atoms with Crippen LogP contribution in [0.3, 0.4) is 0 Å². The van der Waals surface area contributed by atoms with Crippen molar-refractivity contribution in [2.75, 3.05) is 11.9 Å². The van der Waals surface area contributed by atoms with Gasteiger partial charge in [0.25, 0.3) is 5.91 Å². The molecule has 2 aromatic carbocycles. The molecule has 1 aliphatic carbocycles. The number of anilines is 1. The van der Waals surface area contributed by atoms with Crippen molar-refractivity contribution in [2.24, 2.45) is 0 Å². The van der Waals surface area contributed by atoms with Gasteiger partial charge in [0.15, 0.2) is 6.61 Å². The Balaban J connectivity index is 1.52. The number of rotatable bonds is 4. The molecule has 5 nitrogen and oxygen atoms in total. The van der Waals surface area contributed by atoms with Crippen LogP contribution in [0.25, 0.3) is 10.9 Å². The smallest absolute Gasteiger partial charge is 0.339 e. The van der Waals surface area contributed by atoms with Crippen molar-refractivity contribution in [1.82, 2.24) is 4.98 Å². The number of para-hydroxylation sites is 1. The molecule has 0 saturated carbocycles. The SMILES string of the molecule is O=C(COC(=O)c1c2c(nc3ccccc13)CCC2)Nc1ccc(F)cc1F. The highest BCUT2D eigenvalue weighted by Crippen LogP contribution is 2.30. The minimum Gasteiger partial charge on any atom is -0.452 e. The van der Waals surface area contributed by atoms with Crippen molar-refractivity contribution < 1.29 is 23.1 Å². The van der Waals surface area contributed by atoms with Crippen molar-refractivity contribution in [3.8, 4) is 0 Å². The van der Waals surface area contributed by atoms with Crippen molar-refractivity contribution in [2.45, 2.75) is 19.3 Å². The number of pyridine rings is 1. The highest BCUT2D eigenvalue weighted by molar-refractivity contribution is 6.06. The molecule has 142 valence electrons. The molecular weight excluding hydrogens is 366 g/mol. The number of esters is 1. The Hall–Kier alpha value is -3.35. The van der Waals surface area contributed by atoms with E-state index in [2.05, 4.69) is 10.3 Å². The van der Waals surface area contributed by atoms with E-state index in [0.29, 0.717) is 22.5 Å². The second-order valence-electron chi connectivity index (χ2n) is 6.53. The van der Waals surface area contributed by atoms with E-state index in [1.54, 1.807) is 6.07 Å². The van der Waals surface area contributed by atoms with Crippen LogP contribution < -0.4 is 5.32 Å². The van der Waals surface area contributed by atoms with Gasteiger partial charge in [-0.25, -0.2) is 13.6 Å². The van der Waals surface area contributed by atoms with E-state index < -0.39 is 30.1 Å². The lowest BCUT2D eigenvalue weighted by atomic mass is 10.0. The van der Waals surface area contributed by atoms with Gasteiger partial charge < -0.3 is 10.1 Å². The zero-order chi connectivity index (χ0) is 19.7. The van der Waals surface area contributed by atoms with E-state index in [9.17, 15) is 18.4 Å². The molecule has 1 heterocycles. The van der Waals surface area contributed by atoms with E-state index >= 15 is 0 Å². The number of hydrogen-bond donors (Lipinski definition) is 1. The molecule has 0 bridgehead atoms. The fraction of sp³-hybridized carbons (Fsp3) is 0.190. The topological polar surface area (TPSA) is 68.3 Å². The van der Waals surface area contributed by atoms with Crippen molar-refractivity contribution in [3.05, 3.63) is 70.9 Å². The molecule has 1 N–H and O–H groups in total. The van der Waals surface area contributed by atoms with Gasteiger partial charge in [-0.2, -0.15) is 0 Å². The number of carbonyl (C=O) groups excluding carboxylic acids is 2. The number of amides is 1. The molecule has 0 saturated heterocycles. The van der Waals surface area contributed by atoms with Crippen LogP contribution in [0.5, 0.6) is 0 Å². The van der Waals surface area contributed by atoms with E-state index in [1.807, 2.05) is 18.2 Å². The molecule has 0 fully saturated rings. The van der Waals surface area contributed by atoms with Crippen molar-refractivity contribution in [1.29, 1.82) is 0 Å². The molecule has 28 heavy (non-hydrogen) atoms. The molecule has 1 amide bonds. The normalized spacial score (nSPS) is 12.6. The van der Waals surface area contributed by atoms with Crippen LogP contribution in [0.15, 0.2) is 42.5 Å². The number of aryl methyl sites for hydroxylation is 1. The Bertz CT molecular complexity index is 1100. The maximum absolute atomic E-state index is 13.6. The third kappa shape index (κ3) is 3.43. The molecule has 0 unspecified atom stereocenters. The summed E-state index contributed by atoms with van der Waals surface area (Å²) in [7, 11) is 0. The van der Waals surface area contributed by atoms with Crippen LogP contribution in [-0.2, 0) is 22.4 Å². The summed E-state index contributed by atoms with van der Waals surface area (Å²) in [5.74, 6) is -2.99. The third-order valence-corrected chi connectivity index (χ3v) is 4.66. The average Bonchev–Trinajstić information content (AvgIpc) is 3.14. The first kappa shape index (κ1) is 18.0. The molecular formula is C21H16F2N2O3. The molecule has 0 atom stereocenters. The Morgan fingerprint density at radius 1 is 1.11 bits per heavy atom. The number of carbonyl (C=O) groups is 2. The van der Waals surface area contributed by atoms with Crippen molar-refractivity contribution in [3.63, 3.8) is 0 Å². The molecule has 3 aromatic rings. The fourth-order valence-electron chi connectivity index (χ4n) is 3.42. The Kier molecular flexibility index (Phi) is 4.73. The average molecular weight is 382 g/mol. The summed E-state index contributed by atoms with van der Waals surface area (Å²) in [6.45, 7) is -0.582. The van der Waals surface area contributed by atoms with E-state index in [1.165, 1.54) is 0 Å². The fourth-order valence-corrected chi connectivity index (χ4v) is 3.42. The molecule has 0 spiro atoms. The molecule has 0 aliphatic heterocycles. The van der Waals surface area contributed by atoms with E-state index in [4.69, 9.17) is 4.74 Å². The van der Waals surface area contributed by atoms with Crippen LogP contribution >= 0.6 is 0 Å². The predicted octanol–water partition coefficient (Wildman–Crippen LogP) is 3.80. The van der Waals surface area contributed by atoms with Gasteiger partial charge in [-0.05, 0) is 43.0 Å². The second-order valence-corrected chi connectivity index (χ2v) is 6.53. The van der Waals surface area contributed by atoms with E-state index in [0.717, 1.165) is 42.7 Å². The summed E-state index contributed by atoms with van der Waals surface area (Å²) in [6, 6.07) is 10.1. The number of halogens is 2. The Morgan fingerprint density at radius 3 is 2.75 bits per heavy atom. The van der Waals surface area contributed by atoms with Crippen LogP contribution in [-0.4, -0.2) is 23.5 Å². The first-order chi connectivity index (χ1) is 13.5. The maximum Gasteiger partial charge on any atom is 0.339 e. The van der Waals surface area contributed by atoms with Gasteiger partial charge in [0.05, 0.1) is 16.8 Å². The summed E-state index contributed by atoms with van der Waals surface area (Å²) >= 11 is 0. The van der Waals surface area contributed by atoms with Gasteiger partial charge in [0, 0.05) is 17.1 Å². The highest BCUT2D eigenvalue weighted by atomic mass is 19.1. The van der Waals surface area contributed by atoms with Crippen LogP contribution in [0.4, 0.5) is 14.5 Å². The summed E-state index contributed by atoms with van der Waals surface area (Å²) in [5, 5.41) is 2.94. The van der Waals surface area contributed by atoms with Crippen molar-refractivity contribution >= 4 is 28.5 Å².